The van der Waals surface area contributed by atoms with Crippen LogP contribution in [-0.4, -0.2) is 29.9 Å². The lowest BCUT2D eigenvalue weighted by Crippen LogP contribution is -2.35. The summed E-state index contributed by atoms with van der Waals surface area (Å²) in [4.78, 5) is 37.6. The van der Waals surface area contributed by atoms with E-state index in [0.29, 0.717) is 17.0 Å². The number of Topliss-reactive ketones (excluding diaryl/α,β-unsaturated/α-hetero) is 1. The quantitative estimate of drug-likeness (QED) is 0.569. The van der Waals surface area contributed by atoms with Gasteiger partial charge in [-0.1, -0.05) is 29.8 Å². The van der Waals surface area contributed by atoms with Gasteiger partial charge < -0.3 is 14.8 Å². The molecule has 6 heteroatoms. The first-order chi connectivity index (χ1) is 14.9. The highest BCUT2D eigenvalue weighted by Crippen LogP contribution is 2.57. The lowest BCUT2D eigenvalue weighted by Gasteiger charge is -2.23. The Labute approximate surface area is 180 Å². The number of esters is 1. The Morgan fingerprint density at radius 3 is 2.48 bits per heavy atom. The third kappa shape index (κ3) is 3.50. The van der Waals surface area contributed by atoms with E-state index in [2.05, 4.69) is 5.32 Å². The molecule has 5 rings (SSSR count). The number of fused-ring (bicyclic) bond motifs is 1. The van der Waals surface area contributed by atoms with Gasteiger partial charge in [0.1, 0.15) is 11.9 Å². The molecule has 0 unspecified atom stereocenters. The minimum Gasteiger partial charge on any atom is -0.483 e. The van der Waals surface area contributed by atoms with Gasteiger partial charge in [0.15, 0.2) is 6.10 Å². The van der Waals surface area contributed by atoms with Crippen LogP contribution in [0.1, 0.15) is 35.7 Å². The predicted octanol–water partition coefficient (Wildman–Crippen LogP) is 3.78. The Kier molecular flexibility index (Phi) is 4.80. The molecule has 2 bridgehead atoms. The second kappa shape index (κ2) is 7.52. The Bertz CT molecular complexity index is 1030. The van der Waals surface area contributed by atoms with Gasteiger partial charge in [-0.3, -0.25) is 14.4 Å². The van der Waals surface area contributed by atoms with E-state index in [9.17, 15) is 14.4 Å². The highest BCUT2D eigenvalue weighted by Gasteiger charge is 2.63. The van der Waals surface area contributed by atoms with E-state index in [0.717, 1.165) is 18.4 Å². The number of rotatable bonds is 6. The molecule has 2 aromatic rings. The van der Waals surface area contributed by atoms with Gasteiger partial charge >= 0.3 is 5.97 Å². The molecule has 0 aromatic heterocycles. The second-order valence-electron chi connectivity index (χ2n) is 8.93. The average molecular weight is 419 g/mol. The van der Waals surface area contributed by atoms with Gasteiger partial charge in [-0.15, -0.1) is 0 Å². The van der Waals surface area contributed by atoms with Gasteiger partial charge in [0, 0.05) is 17.2 Å². The smallest absolute Gasteiger partial charge is 0.310 e. The number of hydrogen-bond acceptors (Lipinski definition) is 5. The highest BCUT2D eigenvalue weighted by molar-refractivity contribution is 5.99. The zero-order valence-electron chi connectivity index (χ0n) is 17.5. The lowest BCUT2D eigenvalue weighted by atomic mass is 9.79. The number of nitrogens with one attached hydrogen (secondary N) is 1. The first-order valence-electron chi connectivity index (χ1n) is 10.8. The zero-order valence-corrected chi connectivity index (χ0v) is 17.5. The van der Waals surface area contributed by atoms with Gasteiger partial charge in [0.25, 0.3) is 0 Å². The van der Waals surface area contributed by atoms with Crippen LogP contribution in [-0.2, 0) is 14.3 Å². The molecule has 3 fully saturated rings. The molecule has 0 radical (unpaired) electrons. The molecule has 1 heterocycles. The normalized spacial score (nSPS) is 28.8. The molecule has 6 atom stereocenters. The van der Waals surface area contributed by atoms with Gasteiger partial charge in [-0.05, 0) is 56.9 Å². The van der Waals surface area contributed by atoms with Crippen molar-refractivity contribution < 1.29 is 23.9 Å². The van der Waals surface area contributed by atoms with Crippen molar-refractivity contribution in [3.8, 4) is 5.75 Å². The number of ketones is 1. The summed E-state index contributed by atoms with van der Waals surface area (Å²) in [5, 5.41) is 2.94. The van der Waals surface area contributed by atoms with Crippen LogP contribution >= 0.6 is 0 Å². The standard InChI is InChI=1S/C25H25NO5/c1-13-3-5-15(6-4-13)23(27)14(2)30-18-9-7-17(8-10-18)26-24(28)21-16-11-19-20(12-16)31-25(29)22(19)21/h3-10,14,16,19-22H,11-12H2,1-2H3,(H,26,28)/t14-,16+,19-,20-,21+,22+/m0/s1. The van der Waals surface area contributed by atoms with Crippen molar-refractivity contribution in [2.24, 2.45) is 23.7 Å². The van der Waals surface area contributed by atoms with Crippen LogP contribution in [0.15, 0.2) is 48.5 Å². The summed E-state index contributed by atoms with van der Waals surface area (Å²) in [6, 6.07) is 14.4. The molecule has 31 heavy (non-hydrogen) atoms. The fourth-order valence-corrected chi connectivity index (χ4v) is 5.42. The Balaban J connectivity index is 1.20. The number of carbonyl (C=O) groups is 3. The number of amides is 1. The molecule has 1 aliphatic heterocycles. The summed E-state index contributed by atoms with van der Waals surface area (Å²) in [5.41, 5.74) is 2.35. The summed E-state index contributed by atoms with van der Waals surface area (Å²) in [7, 11) is 0. The third-order valence-corrected chi connectivity index (χ3v) is 6.93. The summed E-state index contributed by atoms with van der Waals surface area (Å²) < 4.78 is 11.2. The van der Waals surface area contributed by atoms with Crippen molar-refractivity contribution in [2.75, 3.05) is 5.32 Å². The second-order valence-corrected chi connectivity index (χ2v) is 8.93. The number of hydrogen-bond donors (Lipinski definition) is 1. The van der Waals surface area contributed by atoms with E-state index in [1.165, 1.54) is 0 Å². The average Bonchev–Trinajstić information content (AvgIpc) is 3.38. The molecular weight excluding hydrogens is 394 g/mol. The number of carbonyl (C=O) groups excluding carboxylic acids is 3. The van der Waals surface area contributed by atoms with Gasteiger partial charge in [-0.2, -0.15) is 0 Å². The Morgan fingerprint density at radius 2 is 1.77 bits per heavy atom. The lowest BCUT2D eigenvalue weighted by molar-refractivity contribution is -0.145. The minimum atomic E-state index is -0.626. The minimum absolute atomic E-state index is 0.0209. The fourth-order valence-electron chi connectivity index (χ4n) is 5.42. The molecule has 1 saturated heterocycles. The largest absolute Gasteiger partial charge is 0.483 e. The SMILES string of the molecule is Cc1ccc(C(=O)[C@H](C)Oc2ccc(NC(=O)[C@@H]3[C@@H]4C[C@@H]5[C@H]3C(=O)O[C@H]5C4)cc2)cc1. The van der Waals surface area contributed by atoms with E-state index in [-0.39, 0.29) is 47.4 Å². The molecule has 1 amide bonds. The maximum Gasteiger partial charge on any atom is 0.310 e. The molecular formula is C25H25NO5. The van der Waals surface area contributed by atoms with Crippen molar-refractivity contribution in [3.63, 3.8) is 0 Å². The summed E-state index contributed by atoms with van der Waals surface area (Å²) in [6.07, 6.45) is 1.09. The topological polar surface area (TPSA) is 81.7 Å². The van der Waals surface area contributed by atoms with Gasteiger partial charge in [0.05, 0.1) is 11.8 Å². The van der Waals surface area contributed by atoms with Crippen molar-refractivity contribution in [1.29, 1.82) is 0 Å². The molecule has 6 nitrogen and oxygen atoms in total. The number of ether oxygens (including phenoxy) is 2. The predicted molar refractivity (Wildman–Crippen MR) is 114 cm³/mol. The molecule has 2 aromatic carbocycles. The fraction of sp³-hybridized carbons (Fsp3) is 0.400. The van der Waals surface area contributed by atoms with Crippen LogP contribution in [0.25, 0.3) is 0 Å². The van der Waals surface area contributed by atoms with Crippen LogP contribution in [0.2, 0.25) is 0 Å². The van der Waals surface area contributed by atoms with E-state index in [1.54, 1.807) is 43.3 Å². The molecule has 3 aliphatic rings. The van der Waals surface area contributed by atoms with Crippen molar-refractivity contribution in [1.82, 2.24) is 0 Å². The monoisotopic (exact) mass is 419 g/mol. The summed E-state index contributed by atoms with van der Waals surface area (Å²) in [6.45, 7) is 3.70. The van der Waals surface area contributed by atoms with Crippen LogP contribution in [0.3, 0.4) is 0 Å². The van der Waals surface area contributed by atoms with Gasteiger partial charge in [0.2, 0.25) is 11.7 Å². The maximum atomic E-state index is 12.9. The molecule has 160 valence electrons. The van der Waals surface area contributed by atoms with Crippen LogP contribution < -0.4 is 10.1 Å². The van der Waals surface area contributed by atoms with E-state index in [1.807, 2.05) is 19.1 Å². The van der Waals surface area contributed by atoms with Crippen LogP contribution in [0.4, 0.5) is 5.69 Å². The van der Waals surface area contributed by atoms with Crippen LogP contribution in [0, 0.1) is 30.6 Å². The third-order valence-electron chi connectivity index (χ3n) is 6.93. The Hall–Kier alpha value is -3.15. The first-order valence-corrected chi connectivity index (χ1v) is 10.8. The first kappa shape index (κ1) is 19.8. The highest BCUT2D eigenvalue weighted by atomic mass is 16.6. The number of anilines is 1. The van der Waals surface area contributed by atoms with Crippen LogP contribution in [0.5, 0.6) is 5.75 Å². The van der Waals surface area contributed by atoms with Crippen molar-refractivity contribution in [2.45, 2.75) is 38.9 Å². The van der Waals surface area contributed by atoms with E-state index < -0.39 is 6.10 Å². The number of benzene rings is 2. The molecule has 1 N–H and O–H groups in total. The molecule has 2 saturated carbocycles. The molecule has 0 spiro atoms. The van der Waals surface area contributed by atoms with E-state index in [4.69, 9.17) is 9.47 Å². The summed E-state index contributed by atoms with van der Waals surface area (Å²) >= 11 is 0. The zero-order chi connectivity index (χ0) is 21.7. The Morgan fingerprint density at radius 1 is 1.06 bits per heavy atom. The van der Waals surface area contributed by atoms with E-state index >= 15 is 0 Å². The van der Waals surface area contributed by atoms with Crippen molar-refractivity contribution in [3.05, 3.63) is 59.7 Å². The maximum absolute atomic E-state index is 12.9. The molecule has 2 aliphatic carbocycles. The number of aryl methyl sites for hydroxylation is 1. The summed E-state index contributed by atoms with van der Waals surface area (Å²) in [5.74, 6) is -0.0420. The van der Waals surface area contributed by atoms with Gasteiger partial charge in [-0.25, -0.2) is 0 Å². The van der Waals surface area contributed by atoms with Crippen molar-refractivity contribution >= 4 is 23.3 Å².